The molecule has 162 valence electrons. The molecule has 1 saturated heterocycles. The molecule has 0 radical (unpaired) electrons. The summed E-state index contributed by atoms with van der Waals surface area (Å²) >= 11 is 1.50. The summed E-state index contributed by atoms with van der Waals surface area (Å²) in [5.74, 6) is -0.981. The normalized spacial score (nSPS) is 20.7. The number of nitrogens with zero attached hydrogens (tertiary/aromatic N) is 1. The monoisotopic (exact) mass is 442 g/mol. The maximum atomic E-state index is 13.8. The van der Waals surface area contributed by atoms with E-state index in [2.05, 4.69) is 0 Å². The van der Waals surface area contributed by atoms with Crippen molar-refractivity contribution in [3.05, 3.63) is 105 Å². The number of H-pyrrole nitrogens is 1. The summed E-state index contributed by atoms with van der Waals surface area (Å²) < 4.78 is 27.1. The number of thioether (sulfide) groups is 1. The van der Waals surface area contributed by atoms with Gasteiger partial charge in [-0.05, 0) is 11.1 Å². The second kappa shape index (κ2) is 10.1. The average Bonchev–Trinajstić information content (AvgIpc) is 3.19. The van der Waals surface area contributed by atoms with Gasteiger partial charge in [-0.1, -0.05) is 60.7 Å². The van der Waals surface area contributed by atoms with Crippen molar-refractivity contribution in [1.29, 1.82) is 0 Å². The van der Waals surface area contributed by atoms with E-state index in [1.54, 1.807) is 0 Å². The van der Waals surface area contributed by atoms with E-state index in [4.69, 9.17) is 9.47 Å². The molecule has 2 heterocycles. The van der Waals surface area contributed by atoms with Crippen LogP contribution in [-0.2, 0) is 22.7 Å². The molecule has 1 unspecified atom stereocenters. The first-order valence-corrected chi connectivity index (χ1v) is 11.0. The molecule has 1 fully saturated rings. The van der Waals surface area contributed by atoms with Crippen molar-refractivity contribution < 1.29 is 13.9 Å². The lowest BCUT2D eigenvalue weighted by Gasteiger charge is -2.19. The van der Waals surface area contributed by atoms with Crippen LogP contribution in [0.2, 0.25) is 0 Å². The first kappa shape index (κ1) is 21.5. The van der Waals surface area contributed by atoms with E-state index in [1.165, 1.54) is 16.3 Å². The van der Waals surface area contributed by atoms with E-state index in [-0.39, 0.29) is 16.7 Å². The third kappa shape index (κ3) is 5.52. The highest BCUT2D eigenvalue weighted by Crippen LogP contribution is 2.42. The third-order valence-corrected chi connectivity index (χ3v) is 6.64. The molecular weight excluding hydrogens is 419 g/mol. The fourth-order valence-electron chi connectivity index (χ4n) is 3.52. The maximum absolute atomic E-state index is 13.8. The number of hydrogen-bond acceptors (Lipinski definition) is 5. The van der Waals surface area contributed by atoms with E-state index in [9.17, 15) is 14.0 Å². The highest BCUT2D eigenvalue weighted by Gasteiger charge is 2.37. The van der Waals surface area contributed by atoms with E-state index >= 15 is 0 Å². The summed E-state index contributed by atoms with van der Waals surface area (Å²) in [6.07, 6.45) is 1.29. The standard InChI is InChI=1S/C23H23FN2O4S/c24-18-12-26(23(28)25-22(18)27)21-11-19(30-14-17-9-5-2-6-10-17)20(31-21)15-29-13-16-7-3-1-4-8-16/h1-10,12,19-21H,11,13-15H2,(H,25,27,28)/t19-,20-,21?/m0/s1. The lowest BCUT2D eigenvalue weighted by molar-refractivity contribution is 0.0134. The van der Waals surface area contributed by atoms with Gasteiger partial charge in [0, 0.05) is 6.42 Å². The van der Waals surface area contributed by atoms with Crippen LogP contribution in [-0.4, -0.2) is 27.5 Å². The molecule has 1 aromatic heterocycles. The molecule has 2 aromatic carbocycles. The number of rotatable bonds is 8. The van der Waals surface area contributed by atoms with Gasteiger partial charge in [0.15, 0.2) is 0 Å². The second-order valence-electron chi connectivity index (χ2n) is 7.34. The molecule has 0 spiro atoms. The summed E-state index contributed by atoms with van der Waals surface area (Å²) in [7, 11) is 0. The molecule has 0 bridgehead atoms. The first-order chi connectivity index (χ1) is 15.1. The molecular formula is C23H23FN2O4S. The Kier molecular flexibility index (Phi) is 7.01. The van der Waals surface area contributed by atoms with Crippen LogP contribution in [0.15, 0.2) is 76.4 Å². The van der Waals surface area contributed by atoms with Crippen molar-refractivity contribution in [2.24, 2.45) is 0 Å². The Morgan fingerprint density at radius 2 is 1.65 bits per heavy atom. The first-order valence-electron chi connectivity index (χ1n) is 10.0. The molecule has 0 amide bonds. The topological polar surface area (TPSA) is 73.3 Å². The van der Waals surface area contributed by atoms with Crippen LogP contribution in [0.4, 0.5) is 4.39 Å². The Balaban J connectivity index is 1.46. The fourth-order valence-corrected chi connectivity index (χ4v) is 5.05. The number of hydrogen-bond donors (Lipinski definition) is 1. The van der Waals surface area contributed by atoms with Crippen molar-refractivity contribution in [2.75, 3.05) is 6.61 Å². The van der Waals surface area contributed by atoms with Gasteiger partial charge in [0.25, 0.3) is 5.56 Å². The lowest BCUT2D eigenvalue weighted by atomic mass is 10.1. The van der Waals surface area contributed by atoms with Crippen molar-refractivity contribution >= 4 is 11.8 Å². The minimum atomic E-state index is -1.01. The second-order valence-corrected chi connectivity index (χ2v) is 8.77. The predicted octanol–water partition coefficient (Wildman–Crippen LogP) is 3.48. The number of halogens is 1. The Morgan fingerprint density at radius 1 is 1.00 bits per heavy atom. The molecule has 1 aliphatic rings. The number of nitrogens with one attached hydrogen (secondary N) is 1. The van der Waals surface area contributed by atoms with Crippen molar-refractivity contribution in [3.63, 3.8) is 0 Å². The molecule has 1 aliphatic heterocycles. The van der Waals surface area contributed by atoms with Crippen LogP contribution in [0.5, 0.6) is 0 Å². The molecule has 4 rings (SSSR count). The van der Waals surface area contributed by atoms with Gasteiger partial charge in [0.2, 0.25) is 5.82 Å². The number of benzene rings is 2. The highest BCUT2D eigenvalue weighted by molar-refractivity contribution is 8.00. The summed E-state index contributed by atoms with van der Waals surface area (Å²) in [5, 5.41) is -0.399. The Bertz CT molecular complexity index is 1100. The quantitative estimate of drug-likeness (QED) is 0.578. The largest absolute Gasteiger partial charge is 0.376 e. The SMILES string of the molecule is O=c1[nH]c(=O)n(C2C[C@H](OCc3ccccc3)[C@H](COCc3ccccc3)S2)cc1F. The molecule has 3 aromatic rings. The lowest BCUT2D eigenvalue weighted by Crippen LogP contribution is -2.32. The van der Waals surface area contributed by atoms with Crippen LogP contribution in [0.25, 0.3) is 0 Å². The fraction of sp³-hybridized carbons (Fsp3) is 0.304. The van der Waals surface area contributed by atoms with Crippen LogP contribution >= 0.6 is 11.8 Å². The smallest absolute Gasteiger partial charge is 0.329 e. The molecule has 31 heavy (non-hydrogen) atoms. The van der Waals surface area contributed by atoms with Crippen LogP contribution in [0.3, 0.4) is 0 Å². The highest BCUT2D eigenvalue weighted by atomic mass is 32.2. The minimum Gasteiger partial charge on any atom is -0.376 e. The van der Waals surface area contributed by atoms with E-state index in [0.29, 0.717) is 26.2 Å². The predicted molar refractivity (Wildman–Crippen MR) is 117 cm³/mol. The zero-order valence-electron chi connectivity index (χ0n) is 16.8. The van der Waals surface area contributed by atoms with Crippen molar-refractivity contribution in [2.45, 2.75) is 36.4 Å². The van der Waals surface area contributed by atoms with Gasteiger partial charge < -0.3 is 9.47 Å². The van der Waals surface area contributed by atoms with Crippen LogP contribution in [0, 0.1) is 5.82 Å². The molecule has 3 atom stereocenters. The van der Waals surface area contributed by atoms with Crippen molar-refractivity contribution in [3.8, 4) is 0 Å². The average molecular weight is 443 g/mol. The van der Waals surface area contributed by atoms with Gasteiger partial charge in [-0.2, -0.15) is 4.39 Å². The van der Waals surface area contributed by atoms with Gasteiger partial charge >= 0.3 is 5.69 Å². The zero-order valence-corrected chi connectivity index (χ0v) is 17.6. The van der Waals surface area contributed by atoms with E-state index in [0.717, 1.165) is 17.3 Å². The summed E-state index contributed by atoms with van der Waals surface area (Å²) in [5.41, 5.74) is 0.482. The van der Waals surface area contributed by atoms with Gasteiger partial charge in [-0.25, -0.2) is 4.79 Å². The molecule has 6 nitrogen and oxygen atoms in total. The van der Waals surface area contributed by atoms with Gasteiger partial charge in [0.1, 0.15) is 0 Å². The Hall–Kier alpha value is -2.68. The van der Waals surface area contributed by atoms with E-state index < -0.39 is 17.1 Å². The van der Waals surface area contributed by atoms with Gasteiger partial charge in [-0.3, -0.25) is 14.3 Å². The number of aromatic nitrogens is 2. The molecule has 8 heteroatoms. The summed E-state index contributed by atoms with van der Waals surface area (Å²) in [6.45, 7) is 1.33. The Morgan fingerprint density at radius 3 is 2.32 bits per heavy atom. The summed E-state index contributed by atoms with van der Waals surface area (Å²) in [4.78, 5) is 25.6. The zero-order chi connectivity index (χ0) is 21.6. The maximum Gasteiger partial charge on any atom is 0.329 e. The van der Waals surface area contributed by atoms with Crippen LogP contribution in [0.1, 0.15) is 22.9 Å². The number of ether oxygens (including phenoxy) is 2. The molecule has 1 N–H and O–H groups in total. The number of aromatic amines is 1. The van der Waals surface area contributed by atoms with Crippen molar-refractivity contribution in [1.82, 2.24) is 9.55 Å². The van der Waals surface area contributed by atoms with E-state index in [1.807, 2.05) is 65.6 Å². The van der Waals surface area contributed by atoms with Crippen LogP contribution < -0.4 is 11.2 Å². The third-order valence-electron chi connectivity index (χ3n) is 5.12. The minimum absolute atomic E-state index is 0.0423. The molecule has 0 aliphatic carbocycles. The molecule has 0 saturated carbocycles. The van der Waals surface area contributed by atoms with Gasteiger partial charge in [-0.15, -0.1) is 11.8 Å². The Labute approximate surface area is 183 Å². The van der Waals surface area contributed by atoms with Gasteiger partial charge in [0.05, 0.1) is 42.7 Å². The summed E-state index contributed by atoms with van der Waals surface area (Å²) in [6, 6.07) is 19.7.